The first kappa shape index (κ1) is 20.0. The van der Waals surface area contributed by atoms with Crippen LogP contribution in [-0.2, 0) is 19.5 Å². The first-order chi connectivity index (χ1) is 13.6. The molecule has 2 aromatic carbocycles. The second kappa shape index (κ2) is 7.21. The number of H-pyrrole nitrogens is 1. The van der Waals surface area contributed by atoms with Crippen molar-refractivity contribution in [3.63, 3.8) is 0 Å². The zero-order chi connectivity index (χ0) is 20.8. The Morgan fingerprint density at radius 1 is 1.21 bits per heavy atom. The van der Waals surface area contributed by atoms with E-state index in [4.69, 9.17) is 11.6 Å². The summed E-state index contributed by atoms with van der Waals surface area (Å²) < 4.78 is 39.2. The van der Waals surface area contributed by atoms with Crippen LogP contribution < -0.4 is 5.32 Å². The first-order valence-corrected chi connectivity index (χ1v) is 12.6. The van der Waals surface area contributed by atoms with E-state index < -0.39 is 19.5 Å². The molecule has 1 aliphatic heterocycles. The molecule has 29 heavy (non-hydrogen) atoms. The molecule has 0 radical (unpaired) electrons. The van der Waals surface area contributed by atoms with Gasteiger partial charge in [0.05, 0.1) is 21.6 Å². The van der Waals surface area contributed by atoms with Gasteiger partial charge in [-0.25, -0.2) is 13.4 Å². The monoisotopic (exact) mass is 454 g/mol. The van der Waals surface area contributed by atoms with E-state index in [1.54, 1.807) is 18.2 Å². The number of hydrogen-bond acceptors (Lipinski definition) is 6. The van der Waals surface area contributed by atoms with E-state index in [9.17, 15) is 17.7 Å². The number of benzene rings is 2. The number of rotatable bonds is 4. The van der Waals surface area contributed by atoms with E-state index >= 15 is 0 Å². The van der Waals surface area contributed by atoms with Crippen molar-refractivity contribution < 1.29 is 17.7 Å². The smallest absolute Gasteiger partial charge is 0.243 e. The Morgan fingerprint density at radius 3 is 2.66 bits per heavy atom. The Kier molecular flexibility index (Phi) is 4.97. The number of phenolic OH excluding ortho intramolecular Hbond substituents is 1. The van der Waals surface area contributed by atoms with Gasteiger partial charge in [-0.1, -0.05) is 11.6 Å². The zero-order valence-corrected chi connectivity index (χ0v) is 17.6. The SMILES string of the molecule is C=S1(=O)CCN(S(=O)(=O)c2ccc3nc(Nc4cc(Cl)ccc4O)[nH]c3c2)CC1. The largest absolute Gasteiger partial charge is 0.506 e. The van der Waals surface area contributed by atoms with Crippen LogP contribution in [-0.4, -0.2) is 62.5 Å². The summed E-state index contributed by atoms with van der Waals surface area (Å²) in [5.41, 5.74) is 1.45. The fourth-order valence-electron chi connectivity index (χ4n) is 3.08. The topological polar surface area (TPSA) is 115 Å². The summed E-state index contributed by atoms with van der Waals surface area (Å²) in [5.74, 6) is 4.53. The third-order valence-electron chi connectivity index (χ3n) is 4.73. The number of halogens is 1. The predicted octanol–water partition coefficient (Wildman–Crippen LogP) is 2.39. The summed E-state index contributed by atoms with van der Waals surface area (Å²) >= 11 is 5.95. The number of imidazole rings is 1. The second-order valence-corrected chi connectivity index (χ2v) is 12.0. The van der Waals surface area contributed by atoms with Gasteiger partial charge in [-0.05, 0) is 51.8 Å². The van der Waals surface area contributed by atoms with E-state index in [1.807, 2.05) is 0 Å². The molecule has 0 atom stereocenters. The van der Waals surface area contributed by atoms with Gasteiger partial charge < -0.3 is 15.4 Å². The number of hydrogen-bond donors (Lipinski definition) is 3. The molecule has 0 spiro atoms. The van der Waals surface area contributed by atoms with Crippen LogP contribution in [0.1, 0.15) is 0 Å². The number of aromatic nitrogens is 2. The summed E-state index contributed by atoms with van der Waals surface area (Å²) in [6.07, 6.45) is 0. The molecule has 154 valence electrons. The molecule has 1 aliphatic rings. The maximum atomic E-state index is 12.9. The van der Waals surface area contributed by atoms with E-state index in [2.05, 4.69) is 21.2 Å². The Balaban J connectivity index is 1.62. The van der Waals surface area contributed by atoms with Crippen molar-refractivity contribution in [2.75, 3.05) is 29.9 Å². The van der Waals surface area contributed by atoms with Gasteiger partial charge in [0.1, 0.15) is 5.75 Å². The van der Waals surface area contributed by atoms with Crippen molar-refractivity contribution in [3.8, 4) is 5.75 Å². The van der Waals surface area contributed by atoms with Crippen LogP contribution in [0.25, 0.3) is 11.0 Å². The van der Waals surface area contributed by atoms with Crippen LogP contribution in [0.3, 0.4) is 0 Å². The third-order valence-corrected chi connectivity index (χ3v) is 8.71. The lowest BCUT2D eigenvalue weighted by molar-refractivity contribution is 0.438. The second-order valence-electron chi connectivity index (χ2n) is 6.83. The van der Waals surface area contributed by atoms with Crippen LogP contribution in [0.4, 0.5) is 11.6 Å². The van der Waals surface area contributed by atoms with E-state index in [0.29, 0.717) is 27.7 Å². The molecule has 4 rings (SSSR count). The lowest BCUT2D eigenvalue weighted by Gasteiger charge is -2.28. The molecule has 3 N–H and O–H groups in total. The van der Waals surface area contributed by atoms with Crippen molar-refractivity contribution >= 4 is 59.7 Å². The highest BCUT2D eigenvalue weighted by atomic mass is 35.5. The summed E-state index contributed by atoms with van der Waals surface area (Å²) in [4.78, 5) is 7.49. The molecule has 1 fully saturated rings. The number of sulfonamides is 1. The zero-order valence-electron chi connectivity index (χ0n) is 15.3. The molecular weight excluding hydrogens is 436 g/mol. The van der Waals surface area contributed by atoms with Crippen LogP contribution in [0.2, 0.25) is 5.02 Å². The third kappa shape index (κ3) is 4.06. The number of aromatic hydroxyl groups is 1. The first-order valence-electron chi connectivity index (χ1n) is 8.72. The molecule has 3 aromatic rings. The maximum absolute atomic E-state index is 12.9. The molecule has 0 aliphatic carbocycles. The van der Waals surface area contributed by atoms with Crippen LogP contribution >= 0.6 is 11.6 Å². The highest BCUT2D eigenvalue weighted by Gasteiger charge is 2.29. The molecule has 8 nitrogen and oxygen atoms in total. The van der Waals surface area contributed by atoms with Gasteiger partial charge >= 0.3 is 0 Å². The van der Waals surface area contributed by atoms with Crippen molar-refractivity contribution in [2.24, 2.45) is 0 Å². The minimum absolute atomic E-state index is 0.00483. The van der Waals surface area contributed by atoms with Gasteiger partial charge in [0, 0.05) is 29.6 Å². The molecule has 0 saturated carbocycles. The number of anilines is 2. The standard InChI is InChI=1S/C18H19ClN4O4S2/c1-28(25)8-6-23(7-9-28)29(26,27)13-3-4-14-15(11-13)21-18(20-14)22-16-10-12(19)2-5-17(16)24/h2-5,10-11,24H,1,6-9H2,(H2,20,21,22). The number of aromatic amines is 1. The number of nitrogens with zero attached hydrogens (tertiary/aromatic N) is 2. The van der Waals surface area contributed by atoms with Crippen LogP contribution in [0.5, 0.6) is 5.75 Å². The Hall–Kier alpha value is -2.27. The van der Waals surface area contributed by atoms with Gasteiger partial charge in [-0.2, -0.15) is 4.31 Å². The van der Waals surface area contributed by atoms with E-state index in [1.165, 1.54) is 22.5 Å². The average molecular weight is 455 g/mol. The number of nitrogens with one attached hydrogen (secondary N) is 2. The highest BCUT2D eigenvalue weighted by molar-refractivity contribution is 8.00. The summed E-state index contributed by atoms with van der Waals surface area (Å²) in [6.45, 7) is 0.374. The highest BCUT2D eigenvalue weighted by Crippen LogP contribution is 2.30. The fraction of sp³-hybridized carbons (Fsp3) is 0.222. The molecule has 11 heteroatoms. The molecule has 1 aromatic heterocycles. The normalized spacial score (nSPS) is 17.4. The predicted molar refractivity (Wildman–Crippen MR) is 116 cm³/mol. The molecular formula is C18H19ClN4O4S2. The molecule has 0 bridgehead atoms. The van der Waals surface area contributed by atoms with Gasteiger partial charge in [-0.3, -0.25) is 4.21 Å². The maximum Gasteiger partial charge on any atom is 0.243 e. The Morgan fingerprint density at radius 2 is 1.93 bits per heavy atom. The lowest BCUT2D eigenvalue weighted by Crippen LogP contribution is -2.43. The number of fused-ring (bicyclic) bond motifs is 1. The fourth-order valence-corrected chi connectivity index (χ4v) is 6.27. The molecule has 2 heterocycles. The average Bonchev–Trinajstić information content (AvgIpc) is 3.06. The minimum atomic E-state index is -3.71. The van der Waals surface area contributed by atoms with Crippen molar-refractivity contribution in [1.82, 2.24) is 14.3 Å². The van der Waals surface area contributed by atoms with E-state index in [0.717, 1.165) is 0 Å². The molecule has 0 amide bonds. The van der Waals surface area contributed by atoms with Crippen LogP contribution in [0, 0.1) is 0 Å². The Labute approximate surface area is 173 Å². The van der Waals surface area contributed by atoms with Crippen molar-refractivity contribution in [2.45, 2.75) is 4.90 Å². The van der Waals surface area contributed by atoms with Gasteiger partial charge in [0.15, 0.2) is 0 Å². The van der Waals surface area contributed by atoms with Crippen molar-refractivity contribution in [3.05, 3.63) is 41.4 Å². The lowest BCUT2D eigenvalue weighted by atomic mass is 10.3. The summed E-state index contributed by atoms with van der Waals surface area (Å²) in [6, 6.07) is 9.19. The summed E-state index contributed by atoms with van der Waals surface area (Å²) in [5, 5.41) is 13.3. The van der Waals surface area contributed by atoms with Crippen molar-refractivity contribution in [1.29, 1.82) is 0 Å². The van der Waals surface area contributed by atoms with Gasteiger partial charge in [-0.15, -0.1) is 0 Å². The van der Waals surface area contributed by atoms with Gasteiger partial charge in [0.25, 0.3) is 0 Å². The molecule has 0 unspecified atom stereocenters. The van der Waals surface area contributed by atoms with Crippen LogP contribution in [0.15, 0.2) is 41.3 Å². The van der Waals surface area contributed by atoms with E-state index in [-0.39, 0.29) is 35.2 Å². The summed E-state index contributed by atoms with van der Waals surface area (Å²) in [7, 11) is -5.90. The molecule has 1 saturated heterocycles. The van der Waals surface area contributed by atoms with Gasteiger partial charge in [0.2, 0.25) is 16.0 Å². The minimum Gasteiger partial charge on any atom is -0.506 e. The quantitative estimate of drug-likeness (QED) is 0.412. The Bertz CT molecular complexity index is 1290. The number of phenols is 1.